The highest BCUT2D eigenvalue weighted by molar-refractivity contribution is 5.95. The number of hydrogen-bond donors (Lipinski definition) is 2. The van der Waals surface area contributed by atoms with E-state index in [2.05, 4.69) is 16.3 Å². The summed E-state index contributed by atoms with van der Waals surface area (Å²) in [5, 5.41) is 13.5. The fraction of sp³-hybridized carbons (Fsp3) is 0.440. The van der Waals surface area contributed by atoms with Gasteiger partial charge in [0.2, 0.25) is 5.91 Å². The Bertz CT molecular complexity index is 1030. The van der Waals surface area contributed by atoms with Crippen LogP contribution in [0.5, 0.6) is 0 Å². The molecule has 0 bridgehead atoms. The number of hydrogen-bond acceptors (Lipinski definition) is 4. The molecular formula is C25H29N3O3. The molecule has 5 rings (SSSR count). The highest BCUT2D eigenvalue weighted by Crippen LogP contribution is 2.49. The molecule has 6 heteroatoms. The fourth-order valence-corrected chi connectivity index (χ4v) is 5.14. The summed E-state index contributed by atoms with van der Waals surface area (Å²) < 4.78 is 0. The number of aliphatic hydroxyl groups is 1. The molecule has 0 spiro atoms. The third-order valence-electron chi connectivity index (χ3n) is 6.93. The van der Waals surface area contributed by atoms with E-state index < -0.39 is 0 Å². The van der Waals surface area contributed by atoms with Crippen molar-refractivity contribution >= 4 is 17.5 Å². The summed E-state index contributed by atoms with van der Waals surface area (Å²) in [4.78, 5) is 29.1. The Kier molecular flexibility index (Phi) is 4.97. The average Bonchev–Trinajstić information content (AvgIpc) is 3.55. The van der Waals surface area contributed by atoms with Crippen molar-refractivity contribution in [2.45, 2.75) is 31.3 Å². The van der Waals surface area contributed by atoms with Gasteiger partial charge in [-0.25, -0.2) is 0 Å². The Morgan fingerprint density at radius 3 is 2.58 bits per heavy atom. The van der Waals surface area contributed by atoms with Crippen LogP contribution >= 0.6 is 0 Å². The lowest BCUT2D eigenvalue weighted by molar-refractivity contribution is -0.134. The Hall–Kier alpha value is -2.86. The van der Waals surface area contributed by atoms with E-state index in [0.29, 0.717) is 5.56 Å². The highest BCUT2D eigenvalue weighted by atomic mass is 16.3. The molecule has 2 N–H and O–H groups in total. The minimum absolute atomic E-state index is 0.00644. The summed E-state index contributed by atoms with van der Waals surface area (Å²) >= 11 is 0. The molecule has 2 aliphatic heterocycles. The summed E-state index contributed by atoms with van der Waals surface area (Å²) in [6, 6.07) is 13.9. The third-order valence-corrected chi connectivity index (χ3v) is 6.93. The maximum atomic E-state index is 13.0. The van der Waals surface area contributed by atoms with Crippen molar-refractivity contribution in [3.05, 3.63) is 53.6 Å². The number of likely N-dealkylation sites (tertiary alicyclic amines) is 1. The number of aliphatic hydroxyl groups excluding tert-OH is 1. The Morgan fingerprint density at radius 2 is 1.87 bits per heavy atom. The van der Waals surface area contributed by atoms with E-state index in [1.807, 2.05) is 36.4 Å². The number of carbonyl (C=O) groups is 2. The molecule has 3 aliphatic rings. The van der Waals surface area contributed by atoms with E-state index in [1.165, 1.54) is 0 Å². The summed E-state index contributed by atoms with van der Waals surface area (Å²) in [6.07, 6.45) is 2.89. The molecule has 2 heterocycles. The normalized spacial score (nSPS) is 24.2. The molecule has 6 nitrogen and oxygen atoms in total. The number of fused-ring (bicyclic) bond motifs is 3. The summed E-state index contributed by atoms with van der Waals surface area (Å²) in [5.41, 5.74) is 4.77. The van der Waals surface area contributed by atoms with Gasteiger partial charge in [-0.3, -0.25) is 9.59 Å². The van der Waals surface area contributed by atoms with Crippen molar-refractivity contribution in [2.75, 3.05) is 32.6 Å². The third kappa shape index (κ3) is 3.49. The smallest absolute Gasteiger partial charge is 0.253 e. The predicted molar refractivity (Wildman–Crippen MR) is 120 cm³/mol. The first-order chi connectivity index (χ1) is 15.0. The van der Waals surface area contributed by atoms with Gasteiger partial charge in [0.1, 0.15) is 0 Å². The van der Waals surface area contributed by atoms with Crippen molar-refractivity contribution in [3.63, 3.8) is 0 Å². The Balaban J connectivity index is 1.54. The van der Waals surface area contributed by atoms with Gasteiger partial charge in [-0.05, 0) is 60.2 Å². The van der Waals surface area contributed by atoms with Crippen LogP contribution < -0.4 is 5.32 Å². The predicted octanol–water partition coefficient (Wildman–Crippen LogP) is 3.14. The van der Waals surface area contributed by atoms with E-state index in [9.17, 15) is 14.7 Å². The molecule has 0 radical (unpaired) electrons. The molecule has 1 saturated carbocycles. The largest absolute Gasteiger partial charge is 0.394 e. The van der Waals surface area contributed by atoms with E-state index in [-0.39, 0.29) is 42.3 Å². The van der Waals surface area contributed by atoms with Gasteiger partial charge < -0.3 is 20.2 Å². The SMILES string of the molecule is CN(C)C(=O)c1cccc(-c2ccc3c(c2)[C@@H]2[C@@H](CCN2C(=O)C2CC2)[C@@H](CO)N3)c1. The first-order valence-corrected chi connectivity index (χ1v) is 11.1. The van der Waals surface area contributed by atoms with Crippen LogP contribution in [-0.4, -0.2) is 60.0 Å². The first-order valence-electron chi connectivity index (χ1n) is 11.1. The summed E-state index contributed by atoms with van der Waals surface area (Å²) in [6.45, 7) is 0.807. The van der Waals surface area contributed by atoms with E-state index in [0.717, 1.165) is 48.2 Å². The fourth-order valence-electron chi connectivity index (χ4n) is 5.14. The second-order valence-electron chi connectivity index (χ2n) is 9.22. The topological polar surface area (TPSA) is 72.9 Å². The van der Waals surface area contributed by atoms with Crippen molar-refractivity contribution in [1.82, 2.24) is 9.80 Å². The molecular weight excluding hydrogens is 390 g/mol. The zero-order valence-electron chi connectivity index (χ0n) is 18.0. The molecule has 3 atom stereocenters. The number of nitrogens with zero attached hydrogens (tertiary/aromatic N) is 2. The number of anilines is 1. The highest BCUT2D eigenvalue weighted by Gasteiger charge is 2.48. The van der Waals surface area contributed by atoms with Gasteiger partial charge in [-0.15, -0.1) is 0 Å². The number of rotatable bonds is 4. The monoisotopic (exact) mass is 419 g/mol. The van der Waals surface area contributed by atoms with Crippen LogP contribution in [0.3, 0.4) is 0 Å². The molecule has 1 saturated heterocycles. The molecule has 2 fully saturated rings. The van der Waals surface area contributed by atoms with E-state index >= 15 is 0 Å². The lowest BCUT2D eigenvalue weighted by Crippen LogP contribution is -2.43. The van der Waals surface area contributed by atoms with Crippen molar-refractivity contribution in [2.24, 2.45) is 11.8 Å². The van der Waals surface area contributed by atoms with Gasteiger partial charge in [0.05, 0.1) is 18.7 Å². The Labute approximate surface area is 182 Å². The number of nitrogens with one attached hydrogen (secondary N) is 1. The maximum Gasteiger partial charge on any atom is 0.253 e. The van der Waals surface area contributed by atoms with Gasteiger partial charge in [0, 0.05) is 43.7 Å². The lowest BCUT2D eigenvalue weighted by Gasteiger charge is -2.39. The molecule has 2 amide bonds. The summed E-state index contributed by atoms with van der Waals surface area (Å²) in [7, 11) is 3.51. The first kappa shape index (κ1) is 20.1. The lowest BCUT2D eigenvalue weighted by atomic mass is 9.82. The van der Waals surface area contributed by atoms with Crippen LogP contribution in [0.25, 0.3) is 11.1 Å². The molecule has 1 aliphatic carbocycles. The molecule has 0 unspecified atom stereocenters. The van der Waals surface area contributed by atoms with Gasteiger partial charge in [0.15, 0.2) is 0 Å². The van der Waals surface area contributed by atoms with E-state index in [4.69, 9.17) is 0 Å². The van der Waals surface area contributed by atoms with Crippen LogP contribution in [0.15, 0.2) is 42.5 Å². The zero-order chi connectivity index (χ0) is 21.7. The molecule has 2 aromatic carbocycles. The second-order valence-corrected chi connectivity index (χ2v) is 9.22. The van der Waals surface area contributed by atoms with Crippen LogP contribution in [-0.2, 0) is 4.79 Å². The number of amides is 2. The quantitative estimate of drug-likeness (QED) is 0.799. The van der Waals surface area contributed by atoms with Crippen LogP contribution in [0.2, 0.25) is 0 Å². The molecule has 0 aromatic heterocycles. The number of benzene rings is 2. The van der Waals surface area contributed by atoms with Gasteiger partial charge in [-0.2, -0.15) is 0 Å². The van der Waals surface area contributed by atoms with Crippen molar-refractivity contribution in [3.8, 4) is 11.1 Å². The Morgan fingerprint density at radius 1 is 1.10 bits per heavy atom. The number of carbonyl (C=O) groups excluding carboxylic acids is 2. The van der Waals surface area contributed by atoms with Gasteiger partial charge in [0.25, 0.3) is 5.91 Å². The van der Waals surface area contributed by atoms with Crippen molar-refractivity contribution < 1.29 is 14.7 Å². The van der Waals surface area contributed by atoms with Gasteiger partial charge >= 0.3 is 0 Å². The van der Waals surface area contributed by atoms with Crippen LogP contribution in [0.1, 0.15) is 41.2 Å². The maximum absolute atomic E-state index is 13.0. The molecule has 31 heavy (non-hydrogen) atoms. The molecule has 162 valence electrons. The minimum Gasteiger partial charge on any atom is -0.394 e. The van der Waals surface area contributed by atoms with Crippen molar-refractivity contribution in [1.29, 1.82) is 0 Å². The standard InChI is InChI=1S/C25H29N3O3/c1-27(2)24(30)18-5-3-4-16(12-18)17-8-9-21-20(13-17)23-19(22(14-29)26-21)10-11-28(23)25(31)15-6-7-15/h3-5,8-9,12-13,15,19,22-23,26,29H,6-7,10-11,14H2,1-2H3/t19-,22+,23-/m0/s1. The molecule has 2 aromatic rings. The zero-order valence-corrected chi connectivity index (χ0v) is 18.0. The minimum atomic E-state index is -0.0404. The van der Waals surface area contributed by atoms with Crippen LogP contribution in [0, 0.1) is 11.8 Å². The van der Waals surface area contributed by atoms with Crippen LogP contribution in [0.4, 0.5) is 5.69 Å². The van der Waals surface area contributed by atoms with Gasteiger partial charge in [-0.1, -0.05) is 18.2 Å². The summed E-state index contributed by atoms with van der Waals surface area (Å²) in [5.74, 6) is 0.629. The second kappa shape index (κ2) is 7.68. The average molecular weight is 420 g/mol. The van der Waals surface area contributed by atoms with E-state index in [1.54, 1.807) is 19.0 Å².